The highest BCUT2D eigenvalue weighted by Gasteiger charge is 2.16. The molecule has 3 heteroatoms. The van der Waals surface area contributed by atoms with E-state index in [2.05, 4.69) is 15.9 Å². The second kappa shape index (κ2) is 4.18. The van der Waals surface area contributed by atoms with Gasteiger partial charge in [0.2, 0.25) is 0 Å². The molecule has 1 aromatic heterocycles. The number of nitrogens with zero attached hydrogens (tertiary/aromatic N) is 1. The maximum absolute atomic E-state index is 10.3. The summed E-state index contributed by atoms with van der Waals surface area (Å²) in [5.74, 6) is 0. The Bertz CT molecular complexity index is 716. The third-order valence-corrected chi connectivity index (χ3v) is 3.89. The van der Waals surface area contributed by atoms with Crippen LogP contribution in [-0.2, 0) is 0 Å². The van der Waals surface area contributed by atoms with E-state index in [1.165, 1.54) is 4.73 Å². The molecule has 1 N–H and O–H groups in total. The lowest BCUT2D eigenvalue weighted by atomic mass is 10.1. The van der Waals surface area contributed by atoms with E-state index in [0.29, 0.717) is 0 Å². The zero-order valence-electron chi connectivity index (χ0n) is 9.89. The number of fused-ring (bicyclic) bond motifs is 1. The van der Waals surface area contributed by atoms with E-state index >= 15 is 0 Å². The van der Waals surface area contributed by atoms with Crippen LogP contribution in [0.5, 0.6) is 0 Å². The van der Waals surface area contributed by atoms with Gasteiger partial charge in [-0.2, -0.15) is 4.73 Å². The molecule has 0 bridgehead atoms. The van der Waals surface area contributed by atoms with Crippen LogP contribution in [0.2, 0.25) is 0 Å². The molecule has 90 valence electrons. The highest BCUT2D eigenvalue weighted by Crippen LogP contribution is 2.37. The molecule has 2 aromatic carbocycles. The lowest BCUT2D eigenvalue weighted by molar-refractivity contribution is 0.204. The van der Waals surface area contributed by atoms with Crippen molar-refractivity contribution in [3.8, 4) is 11.3 Å². The van der Waals surface area contributed by atoms with Gasteiger partial charge in [-0.05, 0) is 34.5 Å². The molecule has 18 heavy (non-hydrogen) atoms. The predicted molar refractivity (Wildman–Crippen MR) is 77.0 cm³/mol. The largest absolute Gasteiger partial charge is 0.428 e. The summed E-state index contributed by atoms with van der Waals surface area (Å²) >= 11 is 3.58. The van der Waals surface area contributed by atoms with Gasteiger partial charge < -0.3 is 5.21 Å². The Morgan fingerprint density at radius 1 is 1.06 bits per heavy atom. The van der Waals surface area contributed by atoms with Crippen molar-refractivity contribution in [3.05, 3.63) is 58.6 Å². The smallest absolute Gasteiger partial charge is 0.102 e. The first-order chi connectivity index (χ1) is 8.68. The zero-order chi connectivity index (χ0) is 12.7. The maximum atomic E-state index is 10.3. The minimum absolute atomic E-state index is 0.788. The lowest BCUT2D eigenvalue weighted by Crippen LogP contribution is -1.93. The van der Waals surface area contributed by atoms with Crippen molar-refractivity contribution in [3.63, 3.8) is 0 Å². The van der Waals surface area contributed by atoms with Gasteiger partial charge in [0.05, 0.1) is 9.99 Å². The van der Waals surface area contributed by atoms with Crippen LogP contribution in [0.25, 0.3) is 22.2 Å². The fourth-order valence-electron chi connectivity index (χ4n) is 2.19. The SMILES string of the molecule is Cc1ccc2c(Br)c(-c3ccccc3)n(O)c2c1. The Morgan fingerprint density at radius 2 is 1.78 bits per heavy atom. The molecule has 3 aromatic rings. The number of halogens is 1. The van der Waals surface area contributed by atoms with Gasteiger partial charge in [-0.25, -0.2) is 0 Å². The standard InChI is InChI=1S/C15H12BrNO/c1-10-7-8-12-13(9-10)17(18)15(14(12)16)11-5-3-2-4-6-11/h2-9,18H,1H3. The van der Waals surface area contributed by atoms with E-state index in [4.69, 9.17) is 0 Å². The highest BCUT2D eigenvalue weighted by molar-refractivity contribution is 9.10. The topological polar surface area (TPSA) is 25.2 Å². The van der Waals surface area contributed by atoms with Crippen molar-refractivity contribution in [2.75, 3.05) is 0 Å². The summed E-state index contributed by atoms with van der Waals surface area (Å²) < 4.78 is 2.17. The second-order valence-corrected chi connectivity index (χ2v) is 5.15. The number of rotatable bonds is 1. The van der Waals surface area contributed by atoms with Gasteiger partial charge in [0.15, 0.2) is 0 Å². The molecule has 0 saturated heterocycles. The molecule has 0 unspecified atom stereocenters. The van der Waals surface area contributed by atoms with Crippen molar-refractivity contribution >= 4 is 26.8 Å². The molecule has 1 heterocycles. The number of hydrogen-bond acceptors (Lipinski definition) is 1. The van der Waals surface area contributed by atoms with E-state index < -0.39 is 0 Å². The van der Waals surface area contributed by atoms with E-state index in [1.54, 1.807) is 0 Å². The number of aromatic nitrogens is 1. The lowest BCUT2D eigenvalue weighted by Gasteiger charge is -2.03. The van der Waals surface area contributed by atoms with Gasteiger partial charge in [0, 0.05) is 10.9 Å². The summed E-state index contributed by atoms with van der Waals surface area (Å²) in [6.07, 6.45) is 0. The average molecular weight is 302 g/mol. The van der Waals surface area contributed by atoms with E-state index in [-0.39, 0.29) is 0 Å². The Morgan fingerprint density at radius 3 is 2.50 bits per heavy atom. The molecule has 0 fully saturated rings. The minimum Gasteiger partial charge on any atom is -0.428 e. The molecule has 0 atom stereocenters. The summed E-state index contributed by atoms with van der Waals surface area (Å²) in [6.45, 7) is 2.02. The average Bonchev–Trinajstić information content (AvgIpc) is 2.63. The van der Waals surface area contributed by atoms with Crippen LogP contribution >= 0.6 is 15.9 Å². The van der Waals surface area contributed by atoms with E-state index in [0.717, 1.165) is 32.2 Å². The summed E-state index contributed by atoms with van der Waals surface area (Å²) in [5.41, 5.74) is 3.72. The molecule has 2 nitrogen and oxygen atoms in total. The normalized spacial score (nSPS) is 11.0. The minimum atomic E-state index is 0.788. The Labute approximate surface area is 114 Å². The van der Waals surface area contributed by atoms with Crippen molar-refractivity contribution in [1.82, 2.24) is 4.73 Å². The van der Waals surface area contributed by atoms with Crippen LogP contribution in [-0.4, -0.2) is 9.94 Å². The molecule has 0 aliphatic carbocycles. The summed E-state index contributed by atoms with van der Waals surface area (Å²) in [5, 5.41) is 11.4. The highest BCUT2D eigenvalue weighted by atomic mass is 79.9. The molecule has 0 radical (unpaired) electrons. The molecule has 0 aliphatic heterocycles. The maximum Gasteiger partial charge on any atom is 0.102 e. The van der Waals surface area contributed by atoms with Crippen molar-refractivity contribution in [2.24, 2.45) is 0 Å². The first-order valence-electron chi connectivity index (χ1n) is 5.73. The molecule has 0 saturated carbocycles. The van der Waals surface area contributed by atoms with Crippen molar-refractivity contribution < 1.29 is 5.21 Å². The first kappa shape index (κ1) is 11.4. The van der Waals surface area contributed by atoms with E-state index in [1.807, 2.05) is 55.5 Å². The van der Waals surface area contributed by atoms with Gasteiger partial charge in [-0.3, -0.25) is 0 Å². The molecule has 0 spiro atoms. The molecular weight excluding hydrogens is 290 g/mol. The third-order valence-electron chi connectivity index (χ3n) is 3.08. The van der Waals surface area contributed by atoms with Gasteiger partial charge in [0.1, 0.15) is 5.69 Å². The van der Waals surface area contributed by atoms with Crippen LogP contribution in [0.1, 0.15) is 5.56 Å². The Kier molecular flexibility index (Phi) is 2.63. The Balaban J connectivity index is 2.37. The number of hydrogen-bond donors (Lipinski definition) is 1. The first-order valence-corrected chi connectivity index (χ1v) is 6.53. The molecule has 3 rings (SSSR count). The second-order valence-electron chi connectivity index (χ2n) is 4.36. The van der Waals surface area contributed by atoms with Gasteiger partial charge in [-0.1, -0.05) is 42.5 Å². The van der Waals surface area contributed by atoms with Gasteiger partial charge in [-0.15, -0.1) is 0 Å². The molecular formula is C15H12BrNO. The van der Waals surface area contributed by atoms with Crippen LogP contribution in [0.4, 0.5) is 0 Å². The summed E-state index contributed by atoms with van der Waals surface area (Å²) in [7, 11) is 0. The number of benzene rings is 2. The Hall–Kier alpha value is -1.74. The van der Waals surface area contributed by atoms with Gasteiger partial charge >= 0.3 is 0 Å². The van der Waals surface area contributed by atoms with Crippen LogP contribution in [0.3, 0.4) is 0 Å². The third kappa shape index (κ3) is 1.63. The van der Waals surface area contributed by atoms with Crippen molar-refractivity contribution in [2.45, 2.75) is 6.92 Å². The summed E-state index contributed by atoms with van der Waals surface area (Å²) in [6, 6.07) is 15.9. The van der Waals surface area contributed by atoms with E-state index in [9.17, 15) is 5.21 Å². The zero-order valence-corrected chi connectivity index (χ0v) is 11.5. The fraction of sp³-hybridized carbons (Fsp3) is 0.0667. The van der Waals surface area contributed by atoms with Crippen molar-refractivity contribution in [1.29, 1.82) is 0 Å². The van der Waals surface area contributed by atoms with Crippen LogP contribution in [0, 0.1) is 6.92 Å². The predicted octanol–water partition coefficient (Wildman–Crippen LogP) is 4.62. The quantitative estimate of drug-likeness (QED) is 0.652. The number of aryl methyl sites for hydroxylation is 1. The van der Waals surface area contributed by atoms with Gasteiger partial charge in [0.25, 0.3) is 0 Å². The molecule has 0 amide bonds. The monoisotopic (exact) mass is 301 g/mol. The summed E-state index contributed by atoms with van der Waals surface area (Å²) in [4.78, 5) is 0. The fourth-order valence-corrected chi connectivity index (χ4v) is 2.92. The van der Waals surface area contributed by atoms with Crippen LogP contribution in [0.15, 0.2) is 53.0 Å². The molecule has 0 aliphatic rings. The van der Waals surface area contributed by atoms with Crippen LogP contribution < -0.4 is 0 Å².